The number of hydrazone groups is 1. The lowest BCUT2D eigenvalue weighted by molar-refractivity contribution is 0.0955. The molecule has 0 unspecified atom stereocenters. The third-order valence-electron chi connectivity index (χ3n) is 4.35. The van der Waals surface area contributed by atoms with Crippen LogP contribution in [0.5, 0.6) is 5.75 Å². The minimum atomic E-state index is -0.227. The second-order valence-corrected chi connectivity index (χ2v) is 6.82. The molecule has 28 heavy (non-hydrogen) atoms. The highest BCUT2D eigenvalue weighted by Gasteiger charge is 2.05. The molecule has 4 heteroatoms. The normalized spacial score (nSPS) is 11.0. The van der Waals surface area contributed by atoms with Gasteiger partial charge in [0.2, 0.25) is 0 Å². The van der Waals surface area contributed by atoms with Crippen LogP contribution in [0.3, 0.4) is 0 Å². The first kappa shape index (κ1) is 19.4. The molecule has 1 amide bonds. The first-order valence-corrected chi connectivity index (χ1v) is 9.32. The van der Waals surface area contributed by atoms with Crippen molar-refractivity contribution in [3.8, 4) is 5.75 Å². The second kappa shape index (κ2) is 9.51. The van der Waals surface area contributed by atoms with E-state index in [4.69, 9.17) is 4.74 Å². The van der Waals surface area contributed by atoms with Gasteiger partial charge in [0.1, 0.15) is 12.4 Å². The van der Waals surface area contributed by atoms with Crippen molar-refractivity contribution in [3.63, 3.8) is 0 Å². The first-order valence-electron chi connectivity index (χ1n) is 9.32. The summed E-state index contributed by atoms with van der Waals surface area (Å²) in [4.78, 5) is 12.1. The van der Waals surface area contributed by atoms with E-state index in [1.165, 1.54) is 5.56 Å². The number of amides is 1. The third-order valence-corrected chi connectivity index (χ3v) is 4.35. The van der Waals surface area contributed by atoms with Crippen LogP contribution in [-0.2, 0) is 6.61 Å². The Morgan fingerprint density at radius 1 is 0.964 bits per heavy atom. The van der Waals surface area contributed by atoms with Crippen molar-refractivity contribution in [3.05, 3.63) is 101 Å². The predicted molar refractivity (Wildman–Crippen MR) is 113 cm³/mol. The van der Waals surface area contributed by atoms with E-state index in [1.807, 2.05) is 78.9 Å². The van der Waals surface area contributed by atoms with Crippen LogP contribution in [0, 0.1) is 0 Å². The van der Waals surface area contributed by atoms with Crippen LogP contribution in [0.2, 0.25) is 0 Å². The highest BCUT2D eigenvalue weighted by molar-refractivity contribution is 5.94. The number of nitrogens with one attached hydrogen (secondary N) is 1. The Hall–Kier alpha value is -3.40. The Balaban J connectivity index is 1.50. The predicted octanol–water partition coefficient (Wildman–Crippen LogP) is 5.15. The Kier molecular flexibility index (Phi) is 6.58. The number of hydrogen-bond donors (Lipinski definition) is 1. The molecule has 142 valence electrons. The van der Waals surface area contributed by atoms with Crippen LogP contribution < -0.4 is 10.2 Å². The molecule has 0 aliphatic rings. The Morgan fingerprint density at radius 2 is 1.64 bits per heavy atom. The molecule has 3 aromatic rings. The smallest absolute Gasteiger partial charge is 0.271 e. The van der Waals surface area contributed by atoms with Crippen LogP contribution in [-0.4, -0.2) is 12.1 Å². The highest BCUT2D eigenvalue weighted by Crippen LogP contribution is 2.15. The summed E-state index contributed by atoms with van der Waals surface area (Å²) < 4.78 is 5.76. The van der Waals surface area contributed by atoms with E-state index in [-0.39, 0.29) is 5.91 Å². The summed E-state index contributed by atoms with van der Waals surface area (Å²) in [5, 5.41) is 4.03. The standard InChI is InChI=1S/C24H24N2O2/c1-18(2)21-10-12-22(13-11-21)24(27)26-25-16-19-8-14-23(15-9-19)28-17-20-6-4-3-5-7-20/h3-16,18H,17H2,1-2H3,(H,26,27)/b25-16+. The molecule has 0 saturated carbocycles. The van der Waals surface area contributed by atoms with Gasteiger partial charge in [0, 0.05) is 5.56 Å². The fourth-order valence-electron chi connectivity index (χ4n) is 2.64. The van der Waals surface area contributed by atoms with Crippen molar-refractivity contribution < 1.29 is 9.53 Å². The lowest BCUT2D eigenvalue weighted by atomic mass is 10.0. The summed E-state index contributed by atoms with van der Waals surface area (Å²) in [6.07, 6.45) is 1.61. The number of hydrogen-bond acceptors (Lipinski definition) is 3. The summed E-state index contributed by atoms with van der Waals surface area (Å²) in [6, 6.07) is 25.2. The quantitative estimate of drug-likeness (QED) is 0.460. The van der Waals surface area contributed by atoms with Gasteiger partial charge in [0.15, 0.2) is 0 Å². The summed E-state index contributed by atoms with van der Waals surface area (Å²) in [5.74, 6) is 0.999. The lowest BCUT2D eigenvalue weighted by Crippen LogP contribution is -2.17. The number of ether oxygens (including phenoxy) is 1. The van der Waals surface area contributed by atoms with Gasteiger partial charge in [-0.05, 0) is 59.0 Å². The van der Waals surface area contributed by atoms with Gasteiger partial charge in [-0.2, -0.15) is 5.10 Å². The molecule has 1 N–H and O–H groups in total. The van der Waals surface area contributed by atoms with Crippen molar-refractivity contribution in [2.75, 3.05) is 0 Å². The molecule has 0 radical (unpaired) electrons. The third kappa shape index (κ3) is 5.55. The van der Waals surface area contributed by atoms with E-state index in [0.29, 0.717) is 18.1 Å². The summed E-state index contributed by atoms with van der Waals surface area (Å²) in [7, 11) is 0. The SMILES string of the molecule is CC(C)c1ccc(C(=O)N/N=C/c2ccc(OCc3ccccc3)cc2)cc1. The molecule has 0 spiro atoms. The van der Waals surface area contributed by atoms with Crippen molar-refractivity contribution in [2.45, 2.75) is 26.4 Å². The summed E-state index contributed by atoms with van der Waals surface area (Å²) >= 11 is 0. The number of rotatable bonds is 7. The largest absolute Gasteiger partial charge is 0.489 e. The van der Waals surface area contributed by atoms with E-state index >= 15 is 0 Å². The van der Waals surface area contributed by atoms with Gasteiger partial charge in [-0.3, -0.25) is 4.79 Å². The molecule has 0 aromatic heterocycles. The van der Waals surface area contributed by atoms with E-state index < -0.39 is 0 Å². The molecule has 0 aliphatic carbocycles. The van der Waals surface area contributed by atoms with Crippen LogP contribution >= 0.6 is 0 Å². The molecule has 0 atom stereocenters. The molecule has 0 fully saturated rings. The topological polar surface area (TPSA) is 50.7 Å². The van der Waals surface area contributed by atoms with Crippen LogP contribution in [0.25, 0.3) is 0 Å². The van der Waals surface area contributed by atoms with Crippen molar-refractivity contribution in [2.24, 2.45) is 5.10 Å². The zero-order valence-corrected chi connectivity index (χ0v) is 16.1. The zero-order valence-electron chi connectivity index (χ0n) is 16.1. The van der Waals surface area contributed by atoms with Gasteiger partial charge in [-0.1, -0.05) is 56.3 Å². The Labute approximate surface area is 165 Å². The van der Waals surface area contributed by atoms with Gasteiger partial charge in [-0.25, -0.2) is 5.43 Å². The lowest BCUT2D eigenvalue weighted by Gasteiger charge is -2.06. The second-order valence-electron chi connectivity index (χ2n) is 6.82. The van der Waals surface area contributed by atoms with Gasteiger partial charge in [0.25, 0.3) is 5.91 Å². The minimum absolute atomic E-state index is 0.227. The highest BCUT2D eigenvalue weighted by atomic mass is 16.5. The maximum atomic E-state index is 12.1. The Morgan fingerprint density at radius 3 is 2.29 bits per heavy atom. The molecule has 3 aromatic carbocycles. The van der Waals surface area contributed by atoms with Crippen LogP contribution in [0.1, 0.15) is 46.8 Å². The fourth-order valence-corrected chi connectivity index (χ4v) is 2.64. The maximum absolute atomic E-state index is 12.1. The van der Waals surface area contributed by atoms with Gasteiger partial charge in [-0.15, -0.1) is 0 Å². The van der Waals surface area contributed by atoms with E-state index in [9.17, 15) is 4.79 Å². The van der Waals surface area contributed by atoms with Gasteiger partial charge >= 0.3 is 0 Å². The van der Waals surface area contributed by atoms with E-state index in [0.717, 1.165) is 16.9 Å². The monoisotopic (exact) mass is 372 g/mol. The van der Waals surface area contributed by atoms with Gasteiger partial charge in [0.05, 0.1) is 6.21 Å². The van der Waals surface area contributed by atoms with Gasteiger partial charge < -0.3 is 4.74 Å². The van der Waals surface area contributed by atoms with Crippen LogP contribution in [0.4, 0.5) is 0 Å². The average Bonchev–Trinajstić information content (AvgIpc) is 2.74. The Bertz CT molecular complexity index is 915. The number of carbonyl (C=O) groups is 1. The number of carbonyl (C=O) groups excluding carboxylic acids is 1. The maximum Gasteiger partial charge on any atom is 0.271 e. The number of benzene rings is 3. The minimum Gasteiger partial charge on any atom is -0.489 e. The molecule has 0 heterocycles. The van der Waals surface area contributed by atoms with E-state index in [2.05, 4.69) is 24.4 Å². The average molecular weight is 372 g/mol. The van der Waals surface area contributed by atoms with E-state index in [1.54, 1.807) is 6.21 Å². The van der Waals surface area contributed by atoms with Crippen LogP contribution in [0.15, 0.2) is 84.0 Å². The molecule has 0 bridgehead atoms. The van der Waals surface area contributed by atoms with Crippen molar-refractivity contribution in [1.82, 2.24) is 5.43 Å². The molecule has 4 nitrogen and oxygen atoms in total. The zero-order chi connectivity index (χ0) is 19.8. The number of nitrogens with zero attached hydrogens (tertiary/aromatic N) is 1. The molecule has 3 rings (SSSR count). The molecular formula is C24H24N2O2. The molecule has 0 saturated heterocycles. The molecular weight excluding hydrogens is 348 g/mol. The summed E-state index contributed by atoms with van der Waals surface area (Å²) in [6.45, 7) is 4.77. The summed E-state index contributed by atoms with van der Waals surface area (Å²) in [5.41, 5.74) is 6.35. The molecule has 0 aliphatic heterocycles. The van der Waals surface area contributed by atoms with Crippen molar-refractivity contribution in [1.29, 1.82) is 0 Å². The van der Waals surface area contributed by atoms with Crippen molar-refractivity contribution >= 4 is 12.1 Å². The fraction of sp³-hybridized carbons (Fsp3) is 0.167. The first-order chi connectivity index (χ1) is 13.6.